The lowest BCUT2D eigenvalue weighted by atomic mass is 10.0. The van der Waals surface area contributed by atoms with Gasteiger partial charge in [-0.1, -0.05) is 11.6 Å². The molecular formula is C22H29ClN4O3S2. The first-order chi connectivity index (χ1) is 15.3. The molecule has 1 aromatic heterocycles. The van der Waals surface area contributed by atoms with Gasteiger partial charge in [-0.15, -0.1) is 11.3 Å². The number of piperazine rings is 1. The molecule has 2 atom stereocenters. The van der Waals surface area contributed by atoms with E-state index in [4.69, 9.17) is 11.6 Å². The second-order valence-electron chi connectivity index (χ2n) is 8.36. The van der Waals surface area contributed by atoms with Crippen molar-refractivity contribution >= 4 is 38.9 Å². The third kappa shape index (κ3) is 5.52. The van der Waals surface area contributed by atoms with Gasteiger partial charge in [-0.2, -0.15) is 4.31 Å². The molecule has 1 amide bonds. The molecule has 7 nitrogen and oxygen atoms in total. The van der Waals surface area contributed by atoms with Gasteiger partial charge in [0.15, 0.2) is 0 Å². The van der Waals surface area contributed by atoms with E-state index in [2.05, 4.69) is 22.5 Å². The number of sulfonamides is 1. The molecular weight excluding hydrogens is 468 g/mol. The van der Waals surface area contributed by atoms with Gasteiger partial charge in [-0.3, -0.25) is 15.0 Å². The zero-order chi connectivity index (χ0) is 22.7. The van der Waals surface area contributed by atoms with E-state index in [1.165, 1.54) is 24.2 Å². The third-order valence-corrected chi connectivity index (χ3v) is 9.77. The number of rotatable bonds is 6. The van der Waals surface area contributed by atoms with Gasteiger partial charge < -0.3 is 5.32 Å². The molecule has 32 heavy (non-hydrogen) atoms. The average Bonchev–Trinajstić information content (AvgIpc) is 3.28. The van der Waals surface area contributed by atoms with Crippen LogP contribution in [0.2, 0.25) is 5.02 Å². The monoisotopic (exact) mass is 496 g/mol. The minimum Gasteiger partial charge on any atom is -0.347 e. The Labute approximate surface area is 198 Å². The summed E-state index contributed by atoms with van der Waals surface area (Å²) in [6, 6.07) is 10.6. The molecule has 0 bridgehead atoms. The van der Waals surface area contributed by atoms with E-state index in [9.17, 15) is 13.2 Å². The Kier molecular flexibility index (Phi) is 7.54. The zero-order valence-electron chi connectivity index (χ0n) is 18.1. The lowest BCUT2D eigenvalue weighted by Gasteiger charge is -2.42. The van der Waals surface area contributed by atoms with E-state index >= 15 is 0 Å². The molecule has 0 spiro atoms. The number of amides is 1. The van der Waals surface area contributed by atoms with E-state index in [1.54, 1.807) is 40.7 Å². The Morgan fingerprint density at radius 2 is 1.84 bits per heavy atom. The lowest BCUT2D eigenvalue weighted by Crippen LogP contribution is -2.58. The Hall–Kier alpha value is -1.49. The summed E-state index contributed by atoms with van der Waals surface area (Å²) in [6.07, 6.45) is 3.88. The van der Waals surface area contributed by atoms with E-state index < -0.39 is 10.0 Å². The Morgan fingerprint density at radius 1 is 1.12 bits per heavy atom. The van der Waals surface area contributed by atoms with Gasteiger partial charge in [0.25, 0.3) is 15.9 Å². The molecule has 2 aliphatic heterocycles. The van der Waals surface area contributed by atoms with Crippen LogP contribution in [0, 0.1) is 0 Å². The van der Waals surface area contributed by atoms with Crippen LogP contribution in [0.3, 0.4) is 0 Å². The van der Waals surface area contributed by atoms with E-state index in [0.29, 0.717) is 40.1 Å². The topological polar surface area (TPSA) is 81.8 Å². The maximum atomic E-state index is 13.1. The highest BCUT2D eigenvalue weighted by atomic mass is 35.5. The fourth-order valence-electron chi connectivity index (χ4n) is 4.25. The van der Waals surface area contributed by atoms with Crippen LogP contribution in [-0.4, -0.2) is 61.9 Å². The normalized spacial score (nSPS) is 23.2. The van der Waals surface area contributed by atoms with Crippen molar-refractivity contribution in [1.29, 1.82) is 0 Å². The van der Waals surface area contributed by atoms with E-state index in [1.807, 2.05) is 0 Å². The Morgan fingerprint density at radius 3 is 2.53 bits per heavy atom. The van der Waals surface area contributed by atoms with Crippen LogP contribution in [0.5, 0.6) is 0 Å². The van der Waals surface area contributed by atoms with Crippen LogP contribution < -0.4 is 10.6 Å². The van der Waals surface area contributed by atoms with Crippen molar-refractivity contribution < 1.29 is 13.2 Å². The molecule has 174 valence electrons. The SMILES string of the molecule is CC1CCCC(N2CCN(S(=O)(=O)c3ccc(CNC(=O)c4ccc(Cl)cc4)s3)CC2)N1. The van der Waals surface area contributed by atoms with Crippen LogP contribution >= 0.6 is 22.9 Å². The van der Waals surface area contributed by atoms with Crippen LogP contribution in [0.4, 0.5) is 0 Å². The van der Waals surface area contributed by atoms with Gasteiger partial charge in [0.1, 0.15) is 4.21 Å². The smallest absolute Gasteiger partial charge is 0.252 e. The van der Waals surface area contributed by atoms with Gasteiger partial charge in [0.2, 0.25) is 0 Å². The maximum absolute atomic E-state index is 13.1. The molecule has 2 unspecified atom stereocenters. The molecule has 4 rings (SSSR count). The summed E-state index contributed by atoms with van der Waals surface area (Å²) in [5.41, 5.74) is 0.513. The largest absolute Gasteiger partial charge is 0.347 e. The second-order valence-corrected chi connectivity index (χ2v) is 12.1. The number of nitrogens with one attached hydrogen (secondary N) is 2. The molecule has 2 aliphatic rings. The number of benzene rings is 1. The fourth-order valence-corrected chi connectivity index (χ4v) is 7.24. The average molecular weight is 497 g/mol. The summed E-state index contributed by atoms with van der Waals surface area (Å²) in [5, 5.41) is 7.03. The highest BCUT2D eigenvalue weighted by Gasteiger charge is 2.33. The molecule has 0 aliphatic carbocycles. The number of hydrogen-bond acceptors (Lipinski definition) is 6. The highest BCUT2D eigenvalue weighted by molar-refractivity contribution is 7.91. The van der Waals surface area contributed by atoms with Crippen molar-refractivity contribution in [3.63, 3.8) is 0 Å². The molecule has 2 saturated heterocycles. The van der Waals surface area contributed by atoms with Crippen LogP contribution in [-0.2, 0) is 16.6 Å². The fraction of sp³-hybridized carbons (Fsp3) is 0.500. The Bertz CT molecular complexity index is 1030. The quantitative estimate of drug-likeness (QED) is 0.642. The van der Waals surface area contributed by atoms with Crippen LogP contribution in [0.1, 0.15) is 41.4 Å². The summed E-state index contributed by atoms with van der Waals surface area (Å²) in [7, 11) is -3.52. The summed E-state index contributed by atoms with van der Waals surface area (Å²) in [4.78, 5) is 15.4. The minimum absolute atomic E-state index is 0.221. The minimum atomic E-state index is -3.52. The summed E-state index contributed by atoms with van der Waals surface area (Å²) >= 11 is 7.07. The number of halogens is 1. The molecule has 2 aromatic rings. The molecule has 0 radical (unpaired) electrons. The molecule has 2 N–H and O–H groups in total. The summed E-state index contributed by atoms with van der Waals surface area (Å²) in [5.74, 6) is -0.221. The Balaban J connectivity index is 1.32. The van der Waals surface area contributed by atoms with Gasteiger partial charge in [-0.05, 0) is 62.6 Å². The predicted molar refractivity (Wildman–Crippen MR) is 128 cm³/mol. The number of hydrogen-bond donors (Lipinski definition) is 2. The van der Waals surface area contributed by atoms with Gasteiger partial charge in [-0.25, -0.2) is 8.42 Å². The molecule has 10 heteroatoms. The molecule has 3 heterocycles. The van der Waals surface area contributed by atoms with Crippen LogP contribution in [0.15, 0.2) is 40.6 Å². The number of carbonyl (C=O) groups is 1. The lowest BCUT2D eigenvalue weighted by molar-refractivity contribution is 0.0853. The number of piperidine rings is 1. The van der Waals surface area contributed by atoms with Gasteiger partial charge >= 0.3 is 0 Å². The van der Waals surface area contributed by atoms with Crippen molar-refractivity contribution in [2.75, 3.05) is 26.2 Å². The molecule has 1 aromatic carbocycles. The van der Waals surface area contributed by atoms with Gasteiger partial charge in [0.05, 0.1) is 12.7 Å². The van der Waals surface area contributed by atoms with E-state index in [-0.39, 0.29) is 12.5 Å². The first-order valence-corrected chi connectivity index (χ1v) is 13.6. The van der Waals surface area contributed by atoms with E-state index in [0.717, 1.165) is 24.4 Å². The van der Waals surface area contributed by atoms with Gasteiger partial charge in [0, 0.05) is 47.7 Å². The number of carbonyl (C=O) groups excluding carboxylic acids is 1. The maximum Gasteiger partial charge on any atom is 0.252 e. The number of thiophene rings is 1. The molecule has 2 fully saturated rings. The number of nitrogens with zero attached hydrogens (tertiary/aromatic N) is 2. The second kappa shape index (κ2) is 10.2. The standard InChI is InChI=1S/C22H29ClN4O3S2/c1-16-3-2-4-20(25-16)26-11-13-27(14-12-26)32(29,30)21-10-9-19(31-21)15-24-22(28)17-5-7-18(23)8-6-17/h5-10,16,20,25H,2-4,11-15H2,1H3,(H,24,28). The molecule has 0 saturated carbocycles. The summed E-state index contributed by atoms with van der Waals surface area (Å²) < 4.78 is 28.2. The van der Waals surface area contributed by atoms with Crippen molar-refractivity contribution in [1.82, 2.24) is 19.8 Å². The first-order valence-electron chi connectivity index (χ1n) is 11.0. The van der Waals surface area contributed by atoms with Crippen molar-refractivity contribution in [3.05, 3.63) is 51.9 Å². The first kappa shape index (κ1) is 23.7. The van der Waals surface area contributed by atoms with Crippen LogP contribution in [0.25, 0.3) is 0 Å². The summed E-state index contributed by atoms with van der Waals surface area (Å²) in [6.45, 7) is 4.95. The third-order valence-electron chi connectivity index (χ3n) is 6.07. The van der Waals surface area contributed by atoms with Crippen molar-refractivity contribution in [2.24, 2.45) is 0 Å². The zero-order valence-corrected chi connectivity index (χ0v) is 20.5. The highest BCUT2D eigenvalue weighted by Crippen LogP contribution is 2.27. The van der Waals surface area contributed by atoms with Crippen molar-refractivity contribution in [2.45, 2.75) is 49.1 Å². The predicted octanol–water partition coefficient (Wildman–Crippen LogP) is 3.13. The van der Waals surface area contributed by atoms with Crippen molar-refractivity contribution in [3.8, 4) is 0 Å².